The van der Waals surface area contributed by atoms with Crippen LogP contribution in [0.15, 0.2) is 24.3 Å². The Hall–Kier alpha value is -1.22. The van der Waals surface area contributed by atoms with E-state index >= 15 is 0 Å². The lowest BCUT2D eigenvalue weighted by Gasteiger charge is -2.27. The smallest absolute Gasteiger partial charge is 0.220 e. The van der Waals surface area contributed by atoms with E-state index in [1.807, 2.05) is 24.3 Å². The third-order valence-electron chi connectivity index (χ3n) is 4.27. The van der Waals surface area contributed by atoms with Gasteiger partial charge in [0.1, 0.15) is 0 Å². The maximum atomic E-state index is 12.0. The monoisotopic (exact) mass is 296 g/mol. The van der Waals surface area contributed by atoms with Crippen LogP contribution in [-0.4, -0.2) is 11.9 Å². The minimum Gasteiger partial charge on any atom is -0.399 e. The summed E-state index contributed by atoms with van der Waals surface area (Å²) in [5.41, 5.74) is 7.95. The molecule has 1 aromatic carbocycles. The van der Waals surface area contributed by atoms with E-state index in [-0.39, 0.29) is 23.7 Å². The fourth-order valence-electron chi connectivity index (χ4n) is 2.87. The van der Waals surface area contributed by atoms with Gasteiger partial charge in [-0.2, -0.15) is 0 Å². The minimum atomic E-state index is 0. The zero-order valence-corrected chi connectivity index (χ0v) is 13.1. The van der Waals surface area contributed by atoms with E-state index in [2.05, 4.69) is 19.2 Å². The van der Waals surface area contributed by atoms with Gasteiger partial charge in [0.15, 0.2) is 0 Å². The summed E-state index contributed by atoms with van der Waals surface area (Å²) in [6.45, 7) is 4.47. The summed E-state index contributed by atoms with van der Waals surface area (Å²) in [5, 5.41) is 3.18. The Balaban J connectivity index is 0.00000200. The number of anilines is 1. The van der Waals surface area contributed by atoms with E-state index in [1.54, 1.807) is 0 Å². The molecule has 1 saturated carbocycles. The van der Waals surface area contributed by atoms with Gasteiger partial charge in [-0.05, 0) is 36.3 Å². The summed E-state index contributed by atoms with van der Waals surface area (Å²) in [7, 11) is 0. The number of hydrogen-bond donors (Lipinski definition) is 2. The highest BCUT2D eigenvalue weighted by atomic mass is 35.5. The molecule has 1 unspecified atom stereocenters. The van der Waals surface area contributed by atoms with Gasteiger partial charge in [0, 0.05) is 18.2 Å². The van der Waals surface area contributed by atoms with Gasteiger partial charge in [-0.3, -0.25) is 4.79 Å². The number of carbonyl (C=O) groups excluding carboxylic acids is 1. The molecule has 0 radical (unpaired) electrons. The number of nitrogens with one attached hydrogen (secondary N) is 1. The topological polar surface area (TPSA) is 55.1 Å². The Morgan fingerprint density at radius 2 is 2.10 bits per heavy atom. The Bertz CT molecular complexity index is 460. The van der Waals surface area contributed by atoms with Crippen LogP contribution >= 0.6 is 12.4 Å². The highest BCUT2D eigenvalue weighted by molar-refractivity contribution is 5.85. The number of nitrogens with two attached hydrogens (primary N) is 1. The normalized spacial score (nSPS) is 20.2. The summed E-state index contributed by atoms with van der Waals surface area (Å²) in [4.78, 5) is 12.0. The first kappa shape index (κ1) is 16.8. The second-order valence-corrected chi connectivity index (χ2v) is 6.20. The highest BCUT2D eigenvalue weighted by Gasteiger charge is 2.35. The molecule has 3 N–H and O–H groups in total. The number of amides is 1. The summed E-state index contributed by atoms with van der Waals surface area (Å²) in [5.74, 6) is 0.142. The molecule has 1 atom stereocenters. The first-order valence-corrected chi connectivity index (χ1v) is 7.12. The molecule has 0 saturated heterocycles. The Morgan fingerprint density at radius 3 is 2.70 bits per heavy atom. The van der Waals surface area contributed by atoms with Gasteiger partial charge in [-0.25, -0.2) is 0 Å². The van der Waals surface area contributed by atoms with Crippen LogP contribution in [0.3, 0.4) is 0 Å². The molecule has 0 bridgehead atoms. The van der Waals surface area contributed by atoms with Crippen molar-refractivity contribution >= 4 is 24.0 Å². The number of aryl methyl sites for hydroxylation is 1. The molecule has 1 aromatic rings. The molecule has 1 amide bonds. The third kappa shape index (κ3) is 4.14. The molecule has 0 spiro atoms. The van der Waals surface area contributed by atoms with Crippen LogP contribution in [0.5, 0.6) is 0 Å². The Morgan fingerprint density at radius 1 is 1.40 bits per heavy atom. The average Bonchev–Trinajstić information content (AvgIpc) is 2.68. The fourth-order valence-corrected chi connectivity index (χ4v) is 2.87. The van der Waals surface area contributed by atoms with Gasteiger partial charge in [-0.15, -0.1) is 12.4 Å². The quantitative estimate of drug-likeness (QED) is 0.838. The summed E-state index contributed by atoms with van der Waals surface area (Å²) in [6.07, 6.45) is 4.74. The third-order valence-corrected chi connectivity index (χ3v) is 4.27. The SMILES string of the molecule is CC1(C)CCCC1NC(=O)CCc1ccccc1N.Cl. The highest BCUT2D eigenvalue weighted by Crippen LogP contribution is 2.37. The molecule has 1 aliphatic rings. The standard InChI is InChI=1S/C16H24N2O.ClH/c1-16(2)11-5-8-14(16)18-15(19)10-9-12-6-3-4-7-13(12)17;/h3-4,6-7,14H,5,8-11,17H2,1-2H3,(H,18,19);1H. The van der Waals surface area contributed by atoms with Crippen molar-refractivity contribution in [2.45, 2.75) is 52.0 Å². The predicted molar refractivity (Wildman–Crippen MR) is 86.0 cm³/mol. The van der Waals surface area contributed by atoms with Crippen molar-refractivity contribution in [2.24, 2.45) is 5.41 Å². The van der Waals surface area contributed by atoms with Crippen LogP contribution in [0.1, 0.15) is 45.1 Å². The summed E-state index contributed by atoms with van der Waals surface area (Å²) in [6, 6.07) is 8.08. The molecule has 2 rings (SSSR count). The molecule has 4 heteroatoms. The lowest BCUT2D eigenvalue weighted by atomic mass is 9.87. The molecule has 1 fully saturated rings. The number of rotatable bonds is 4. The molecular formula is C16H25ClN2O. The largest absolute Gasteiger partial charge is 0.399 e. The predicted octanol–water partition coefficient (Wildman–Crippen LogP) is 3.32. The van der Waals surface area contributed by atoms with Gasteiger partial charge < -0.3 is 11.1 Å². The number of carbonyl (C=O) groups is 1. The molecule has 0 heterocycles. The van der Waals surface area contributed by atoms with Crippen molar-refractivity contribution in [1.29, 1.82) is 0 Å². The Kier molecular flexibility index (Phi) is 5.88. The number of hydrogen-bond acceptors (Lipinski definition) is 2. The van der Waals surface area contributed by atoms with Gasteiger partial charge in [0.05, 0.1) is 0 Å². The van der Waals surface area contributed by atoms with Crippen LogP contribution in [0.25, 0.3) is 0 Å². The Labute approximate surface area is 127 Å². The molecular weight excluding hydrogens is 272 g/mol. The van der Waals surface area contributed by atoms with Crippen LogP contribution in [0.4, 0.5) is 5.69 Å². The van der Waals surface area contributed by atoms with Crippen molar-refractivity contribution in [3.05, 3.63) is 29.8 Å². The van der Waals surface area contributed by atoms with Crippen molar-refractivity contribution in [2.75, 3.05) is 5.73 Å². The average molecular weight is 297 g/mol. The summed E-state index contributed by atoms with van der Waals surface area (Å²) < 4.78 is 0. The minimum absolute atomic E-state index is 0. The molecule has 3 nitrogen and oxygen atoms in total. The second-order valence-electron chi connectivity index (χ2n) is 6.20. The molecule has 1 aliphatic carbocycles. The van der Waals surface area contributed by atoms with Gasteiger partial charge in [-0.1, -0.05) is 38.5 Å². The zero-order valence-electron chi connectivity index (χ0n) is 12.3. The number of para-hydroxylation sites is 1. The van der Waals surface area contributed by atoms with E-state index in [9.17, 15) is 4.79 Å². The lowest BCUT2D eigenvalue weighted by molar-refractivity contribution is -0.122. The van der Waals surface area contributed by atoms with Gasteiger partial charge in [0.2, 0.25) is 5.91 Å². The van der Waals surface area contributed by atoms with E-state index in [1.165, 1.54) is 12.8 Å². The number of nitrogen functional groups attached to an aromatic ring is 1. The van der Waals surface area contributed by atoms with Crippen molar-refractivity contribution < 1.29 is 4.79 Å². The van der Waals surface area contributed by atoms with Crippen molar-refractivity contribution in [3.8, 4) is 0 Å². The van der Waals surface area contributed by atoms with Crippen molar-refractivity contribution in [1.82, 2.24) is 5.32 Å². The first-order chi connectivity index (χ1) is 8.99. The number of benzene rings is 1. The van der Waals surface area contributed by atoms with Crippen LogP contribution in [0.2, 0.25) is 0 Å². The maximum Gasteiger partial charge on any atom is 0.220 e. The molecule has 0 aromatic heterocycles. The van der Waals surface area contributed by atoms with Crippen molar-refractivity contribution in [3.63, 3.8) is 0 Å². The number of halogens is 1. The molecule has 20 heavy (non-hydrogen) atoms. The lowest BCUT2D eigenvalue weighted by Crippen LogP contribution is -2.41. The second kappa shape index (κ2) is 6.98. The van der Waals surface area contributed by atoms with E-state index in [0.29, 0.717) is 18.9 Å². The van der Waals surface area contributed by atoms with E-state index in [0.717, 1.165) is 17.7 Å². The van der Waals surface area contributed by atoms with Crippen LogP contribution in [0, 0.1) is 5.41 Å². The van der Waals surface area contributed by atoms with Crippen LogP contribution < -0.4 is 11.1 Å². The molecule has 112 valence electrons. The van der Waals surface area contributed by atoms with Crippen LogP contribution in [-0.2, 0) is 11.2 Å². The van der Waals surface area contributed by atoms with Gasteiger partial charge in [0.25, 0.3) is 0 Å². The van der Waals surface area contributed by atoms with Gasteiger partial charge >= 0.3 is 0 Å². The summed E-state index contributed by atoms with van der Waals surface area (Å²) >= 11 is 0. The molecule has 0 aliphatic heterocycles. The van der Waals surface area contributed by atoms with E-state index in [4.69, 9.17) is 5.73 Å². The first-order valence-electron chi connectivity index (χ1n) is 7.12. The zero-order chi connectivity index (χ0) is 13.9. The maximum absolute atomic E-state index is 12.0. The fraction of sp³-hybridized carbons (Fsp3) is 0.562. The van der Waals surface area contributed by atoms with E-state index < -0.39 is 0 Å².